The van der Waals surface area contributed by atoms with Crippen LogP contribution in [0.3, 0.4) is 0 Å². The summed E-state index contributed by atoms with van der Waals surface area (Å²) in [6.07, 6.45) is -4.64. The Labute approximate surface area is 236 Å². The lowest BCUT2D eigenvalue weighted by atomic mass is 9.89. The first kappa shape index (κ1) is 29.8. The number of benzene rings is 4. The molecule has 4 aromatic carbocycles. The van der Waals surface area contributed by atoms with Gasteiger partial charge in [0.15, 0.2) is 0 Å². The van der Waals surface area contributed by atoms with Crippen molar-refractivity contribution in [2.45, 2.75) is 32.4 Å². The van der Waals surface area contributed by atoms with Gasteiger partial charge in [-0.2, -0.15) is 13.2 Å². The molecule has 0 aliphatic rings. The molecule has 0 unspecified atom stereocenters. The lowest BCUT2D eigenvalue weighted by molar-refractivity contribution is -0.137. The van der Waals surface area contributed by atoms with Crippen molar-refractivity contribution >= 4 is 48.6 Å². The molecule has 4 aromatic rings. The van der Waals surface area contributed by atoms with Crippen LogP contribution in [0.1, 0.15) is 30.5 Å². The van der Waals surface area contributed by atoms with E-state index < -0.39 is 16.8 Å². The van der Waals surface area contributed by atoms with Crippen molar-refractivity contribution in [3.63, 3.8) is 0 Å². The molecule has 0 saturated carbocycles. The van der Waals surface area contributed by atoms with Crippen LogP contribution in [-0.4, -0.2) is 7.85 Å². The standard InChI is InChI=1S/C27H18BCl2F3O2S.C2H6/c28-22-11-13-24(34-15-17-6-9-20(29)10-7-17)25(19-8-12-23(30)21(14-19)27(31,32)33)26(22)35-36-16-18-4-2-1-3-5-18;1-2/h1-14H,15-16H2;1-2H3. The molecular weight excluding hydrogens is 551 g/mol. The van der Waals surface area contributed by atoms with Crippen molar-refractivity contribution < 1.29 is 22.1 Å². The van der Waals surface area contributed by atoms with Crippen LogP contribution in [0, 0.1) is 0 Å². The zero-order valence-electron chi connectivity index (χ0n) is 20.7. The van der Waals surface area contributed by atoms with Gasteiger partial charge in [0.25, 0.3) is 0 Å². The van der Waals surface area contributed by atoms with Gasteiger partial charge >= 0.3 is 6.18 Å². The molecule has 9 heteroatoms. The Morgan fingerprint density at radius 2 is 1.53 bits per heavy atom. The van der Waals surface area contributed by atoms with Crippen LogP contribution in [0.15, 0.2) is 84.9 Å². The molecule has 2 radical (unpaired) electrons. The van der Waals surface area contributed by atoms with Crippen molar-refractivity contribution in [2.75, 3.05) is 0 Å². The Morgan fingerprint density at radius 1 is 0.842 bits per heavy atom. The normalized spacial score (nSPS) is 10.9. The first-order chi connectivity index (χ1) is 18.2. The Morgan fingerprint density at radius 3 is 2.18 bits per heavy atom. The van der Waals surface area contributed by atoms with E-state index in [1.54, 1.807) is 36.4 Å². The molecule has 0 amide bonds. The topological polar surface area (TPSA) is 18.5 Å². The molecule has 0 atom stereocenters. The SMILES string of the molecule is CC.[B]c1ccc(OCc2ccc(Cl)cc2)c(-c2ccc(Cl)c(C(F)(F)F)c2)c1OSCc1ccccc1. The number of alkyl halides is 3. The summed E-state index contributed by atoms with van der Waals surface area (Å²) in [5.41, 5.74) is 1.65. The maximum absolute atomic E-state index is 13.6. The van der Waals surface area contributed by atoms with Gasteiger partial charge in [-0.25, -0.2) is 0 Å². The molecule has 0 aliphatic heterocycles. The highest BCUT2D eigenvalue weighted by atomic mass is 35.5. The summed E-state index contributed by atoms with van der Waals surface area (Å²) in [4.78, 5) is 0. The predicted molar refractivity (Wildman–Crippen MR) is 153 cm³/mol. The molecule has 0 heterocycles. The molecule has 2 nitrogen and oxygen atoms in total. The number of rotatable bonds is 8. The molecule has 4 rings (SSSR count). The van der Waals surface area contributed by atoms with Gasteiger partial charge in [-0.05, 0) is 47.0 Å². The molecule has 0 spiro atoms. The quantitative estimate of drug-likeness (QED) is 0.154. The molecule has 38 heavy (non-hydrogen) atoms. The van der Waals surface area contributed by atoms with Gasteiger partial charge < -0.3 is 8.92 Å². The Hall–Kier alpha value is -2.74. The molecule has 0 fully saturated rings. The number of hydrogen-bond acceptors (Lipinski definition) is 3. The summed E-state index contributed by atoms with van der Waals surface area (Å²) in [6.45, 7) is 4.16. The largest absolute Gasteiger partial charge is 0.488 e. The minimum absolute atomic E-state index is 0.157. The van der Waals surface area contributed by atoms with E-state index in [0.29, 0.717) is 22.1 Å². The predicted octanol–water partition coefficient (Wildman–Crippen LogP) is 9.31. The second kappa shape index (κ2) is 13.9. The summed E-state index contributed by atoms with van der Waals surface area (Å²) in [6, 6.07) is 23.5. The molecule has 0 aromatic heterocycles. The second-order valence-corrected chi connectivity index (χ2v) is 9.33. The van der Waals surface area contributed by atoms with Gasteiger partial charge in [0.2, 0.25) is 0 Å². The summed E-state index contributed by atoms with van der Waals surface area (Å²) in [5.74, 6) is 1.02. The van der Waals surface area contributed by atoms with Gasteiger partial charge in [0.1, 0.15) is 26.0 Å². The molecule has 0 bridgehead atoms. The summed E-state index contributed by atoms with van der Waals surface area (Å²) < 4.78 is 52.9. The van der Waals surface area contributed by atoms with Crippen LogP contribution < -0.4 is 14.4 Å². The van der Waals surface area contributed by atoms with E-state index in [4.69, 9.17) is 40.0 Å². The zero-order chi connectivity index (χ0) is 27.7. The lowest BCUT2D eigenvalue weighted by Gasteiger charge is -2.19. The highest BCUT2D eigenvalue weighted by Crippen LogP contribution is 2.43. The Bertz CT molecular complexity index is 1330. The van der Waals surface area contributed by atoms with E-state index in [1.807, 2.05) is 44.2 Å². The first-order valence-electron chi connectivity index (χ1n) is 11.7. The Balaban J connectivity index is 0.00000195. The van der Waals surface area contributed by atoms with Crippen molar-refractivity contribution in [1.82, 2.24) is 0 Å². The van der Waals surface area contributed by atoms with E-state index in [2.05, 4.69) is 0 Å². The van der Waals surface area contributed by atoms with Crippen LogP contribution >= 0.6 is 35.2 Å². The smallest absolute Gasteiger partial charge is 0.417 e. The first-order valence-corrected chi connectivity index (χ1v) is 13.4. The highest BCUT2D eigenvalue weighted by molar-refractivity contribution is 7.94. The van der Waals surface area contributed by atoms with Gasteiger partial charge in [-0.1, -0.05) is 97.1 Å². The summed E-state index contributed by atoms with van der Waals surface area (Å²) in [7, 11) is 6.23. The lowest BCUT2D eigenvalue weighted by Crippen LogP contribution is -2.10. The Kier molecular flexibility index (Phi) is 10.9. The van der Waals surface area contributed by atoms with Crippen LogP contribution in [0.4, 0.5) is 13.2 Å². The number of hydrogen-bond donors (Lipinski definition) is 0. The van der Waals surface area contributed by atoms with Crippen LogP contribution in [-0.2, 0) is 18.5 Å². The summed E-state index contributed by atoms with van der Waals surface area (Å²) >= 11 is 12.9. The molecule has 196 valence electrons. The van der Waals surface area contributed by atoms with Crippen molar-refractivity contribution in [1.29, 1.82) is 0 Å². The van der Waals surface area contributed by atoms with Gasteiger partial charge in [0, 0.05) is 5.02 Å². The van der Waals surface area contributed by atoms with Gasteiger partial charge in [0.05, 0.1) is 33.9 Å². The van der Waals surface area contributed by atoms with E-state index in [-0.39, 0.29) is 23.4 Å². The van der Waals surface area contributed by atoms with Crippen LogP contribution in [0.5, 0.6) is 11.5 Å². The number of ether oxygens (including phenoxy) is 1. The minimum Gasteiger partial charge on any atom is -0.488 e. The number of halogens is 5. The fourth-order valence-corrected chi connectivity index (χ4v) is 4.47. The third kappa shape index (κ3) is 7.89. The molecule has 0 aliphatic carbocycles. The molecule has 0 N–H and O–H groups in total. The average molecular weight is 575 g/mol. The summed E-state index contributed by atoms with van der Waals surface area (Å²) in [5, 5.41) is 0.179. The van der Waals surface area contributed by atoms with Crippen molar-refractivity contribution in [2.24, 2.45) is 0 Å². The van der Waals surface area contributed by atoms with E-state index in [9.17, 15) is 13.2 Å². The third-order valence-electron chi connectivity index (χ3n) is 5.23. The maximum atomic E-state index is 13.6. The fourth-order valence-electron chi connectivity index (χ4n) is 3.43. The van der Waals surface area contributed by atoms with Crippen LogP contribution in [0.25, 0.3) is 11.1 Å². The van der Waals surface area contributed by atoms with E-state index >= 15 is 0 Å². The highest BCUT2D eigenvalue weighted by Gasteiger charge is 2.34. The second-order valence-electron chi connectivity index (χ2n) is 7.80. The van der Waals surface area contributed by atoms with Gasteiger partial charge in [-0.15, -0.1) is 0 Å². The average Bonchev–Trinajstić information content (AvgIpc) is 2.91. The van der Waals surface area contributed by atoms with Crippen molar-refractivity contribution in [3.05, 3.63) is 112 Å². The van der Waals surface area contributed by atoms with Crippen LogP contribution in [0.2, 0.25) is 10.0 Å². The zero-order valence-corrected chi connectivity index (χ0v) is 23.0. The van der Waals surface area contributed by atoms with E-state index in [0.717, 1.165) is 29.2 Å². The third-order valence-corrected chi connectivity index (χ3v) is 6.55. The van der Waals surface area contributed by atoms with Crippen molar-refractivity contribution in [3.8, 4) is 22.6 Å². The van der Waals surface area contributed by atoms with Gasteiger partial charge in [-0.3, -0.25) is 0 Å². The maximum Gasteiger partial charge on any atom is 0.417 e. The molecular formula is C29H24BCl2F3O2S. The minimum atomic E-state index is -4.64. The fraction of sp³-hybridized carbons (Fsp3) is 0.172. The van der Waals surface area contributed by atoms with E-state index in [1.165, 1.54) is 12.1 Å². The molecule has 0 saturated heterocycles. The monoisotopic (exact) mass is 574 g/mol.